The molecule has 1 unspecified atom stereocenters. The number of likely N-dealkylation sites (N-methyl/N-ethyl adjacent to an activating group) is 1. The van der Waals surface area contributed by atoms with Gasteiger partial charge in [0.1, 0.15) is 6.54 Å². The van der Waals surface area contributed by atoms with E-state index in [9.17, 15) is 4.79 Å². The van der Waals surface area contributed by atoms with E-state index >= 15 is 0 Å². The molecule has 2 fully saturated rings. The molecular formula is C18H37IN6O. The Morgan fingerprint density at radius 2 is 1.69 bits per heavy atom. The van der Waals surface area contributed by atoms with E-state index in [-0.39, 0.29) is 36.4 Å². The van der Waals surface area contributed by atoms with Crippen molar-refractivity contribution in [2.45, 2.75) is 39.7 Å². The highest BCUT2D eigenvalue weighted by Gasteiger charge is 2.20. The second kappa shape index (κ2) is 12.7. The summed E-state index contributed by atoms with van der Waals surface area (Å²) in [7, 11) is 0. The fourth-order valence-corrected chi connectivity index (χ4v) is 3.45. The van der Waals surface area contributed by atoms with Gasteiger partial charge in [-0.15, -0.1) is 24.0 Å². The maximum absolute atomic E-state index is 12.1. The van der Waals surface area contributed by atoms with Gasteiger partial charge in [0.2, 0.25) is 5.91 Å². The molecule has 1 amide bonds. The summed E-state index contributed by atoms with van der Waals surface area (Å²) in [6.07, 6.45) is 2.24. The Morgan fingerprint density at radius 3 is 2.27 bits per heavy atom. The van der Waals surface area contributed by atoms with Gasteiger partial charge in [0.25, 0.3) is 0 Å². The van der Waals surface area contributed by atoms with Crippen molar-refractivity contribution < 1.29 is 4.79 Å². The maximum atomic E-state index is 12.1. The molecule has 2 aliphatic heterocycles. The summed E-state index contributed by atoms with van der Waals surface area (Å²) in [5.41, 5.74) is 0. The Bertz CT molecular complexity index is 433. The summed E-state index contributed by atoms with van der Waals surface area (Å²) in [5, 5.41) is 6.65. The maximum Gasteiger partial charge on any atom is 0.244 e. The Kier molecular flexibility index (Phi) is 11.5. The largest absolute Gasteiger partial charge is 0.357 e. The van der Waals surface area contributed by atoms with Crippen molar-refractivity contribution in [2.75, 3.05) is 65.4 Å². The fraction of sp³-hybridized carbons (Fsp3) is 0.889. The summed E-state index contributed by atoms with van der Waals surface area (Å²) in [5.74, 6) is 0.882. The van der Waals surface area contributed by atoms with Crippen molar-refractivity contribution in [3.05, 3.63) is 0 Å². The van der Waals surface area contributed by atoms with E-state index in [4.69, 9.17) is 0 Å². The summed E-state index contributed by atoms with van der Waals surface area (Å²) < 4.78 is 0. The first kappa shape index (κ1) is 23.4. The van der Waals surface area contributed by atoms with Crippen molar-refractivity contribution in [3.8, 4) is 0 Å². The summed E-state index contributed by atoms with van der Waals surface area (Å²) in [6, 6.07) is 0.456. The topological polar surface area (TPSA) is 63.2 Å². The average molecular weight is 480 g/mol. The fourth-order valence-electron chi connectivity index (χ4n) is 3.45. The van der Waals surface area contributed by atoms with Gasteiger partial charge in [-0.05, 0) is 33.2 Å². The highest BCUT2D eigenvalue weighted by Crippen LogP contribution is 2.07. The Hall–Kier alpha value is -0.610. The number of nitrogens with one attached hydrogen (secondary N) is 2. The number of nitrogens with zero attached hydrogens (tertiary/aromatic N) is 4. The molecule has 2 saturated heterocycles. The molecule has 0 aliphatic carbocycles. The summed E-state index contributed by atoms with van der Waals surface area (Å²) in [4.78, 5) is 23.6. The molecule has 0 aromatic rings. The standard InChI is InChI=1S/C18H36N6O.HI/c1-4-19-18(21-15-17(25)24-8-6-7-9-24)20-14-16(3)23-12-10-22(5-2)11-13-23;/h16H,4-15H2,1-3H3,(H2,19,20,21);1H. The monoisotopic (exact) mass is 480 g/mol. The van der Waals surface area contributed by atoms with Crippen molar-refractivity contribution in [1.29, 1.82) is 0 Å². The number of likely N-dealkylation sites (tertiary alicyclic amines) is 1. The third kappa shape index (κ3) is 7.56. The van der Waals surface area contributed by atoms with Crippen LogP contribution < -0.4 is 10.6 Å². The predicted octanol–water partition coefficient (Wildman–Crippen LogP) is 0.808. The van der Waals surface area contributed by atoms with Crippen LogP contribution >= 0.6 is 24.0 Å². The number of carbonyl (C=O) groups excluding carboxylic acids is 1. The first-order chi connectivity index (χ1) is 12.1. The minimum atomic E-state index is 0. The molecule has 0 aromatic carbocycles. The van der Waals surface area contributed by atoms with Gasteiger partial charge in [0.15, 0.2) is 5.96 Å². The van der Waals surface area contributed by atoms with E-state index in [1.54, 1.807) is 0 Å². The van der Waals surface area contributed by atoms with E-state index in [0.717, 1.165) is 77.7 Å². The van der Waals surface area contributed by atoms with Crippen LogP contribution in [0.15, 0.2) is 4.99 Å². The van der Waals surface area contributed by atoms with Gasteiger partial charge in [-0.1, -0.05) is 6.92 Å². The van der Waals surface area contributed by atoms with Crippen LogP contribution in [0.1, 0.15) is 33.6 Å². The number of hydrogen-bond donors (Lipinski definition) is 2. The van der Waals surface area contributed by atoms with Crippen molar-refractivity contribution in [2.24, 2.45) is 4.99 Å². The number of carbonyl (C=O) groups is 1. The SMILES string of the molecule is CCNC(=NCC(=O)N1CCCC1)NCC(C)N1CCN(CC)CC1.I. The first-order valence-corrected chi connectivity index (χ1v) is 9.90. The summed E-state index contributed by atoms with van der Waals surface area (Å²) >= 11 is 0. The predicted molar refractivity (Wildman–Crippen MR) is 118 cm³/mol. The van der Waals surface area contributed by atoms with Gasteiger partial charge in [-0.25, -0.2) is 4.99 Å². The highest BCUT2D eigenvalue weighted by atomic mass is 127. The summed E-state index contributed by atoms with van der Waals surface area (Å²) in [6.45, 7) is 15.9. The van der Waals surface area contributed by atoms with Crippen LogP contribution in [0.3, 0.4) is 0 Å². The molecule has 26 heavy (non-hydrogen) atoms. The van der Waals surface area contributed by atoms with Gasteiger partial charge in [0.05, 0.1) is 0 Å². The second-order valence-corrected chi connectivity index (χ2v) is 6.98. The molecule has 1 atom stereocenters. The minimum absolute atomic E-state index is 0. The molecule has 2 N–H and O–H groups in total. The number of halogens is 1. The normalized spacial score (nSPS) is 20.6. The first-order valence-electron chi connectivity index (χ1n) is 9.90. The van der Waals surface area contributed by atoms with Gasteiger partial charge in [0, 0.05) is 58.4 Å². The molecule has 7 nitrogen and oxygen atoms in total. The third-order valence-corrected chi connectivity index (χ3v) is 5.22. The zero-order valence-electron chi connectivity index (χ0n) is 16.7. The van der Waals surface area contributed by atoms with Crippen LogP contribution in [0, 0.1) is 0 Å². The molecular weight excluding hydrogens is 443 g/mol. The van der Waals surface area contributed by atoms with Gasteiger partial charge in [-0.2, -0.15) is 0 Å². The molecule has 0 saturated carbocycles. The zero-order chi connectivity index (χ0) is 18.1. The van der Waals surface area contributed by atoms with Crippen LogP contribution in [-0.2, 0) is 4.79 Å². The Balaban J connectivity index is 0.00000338. The molecule has 8 heteroatoms. The molecule has 152 valence electrons. The lowest BCUT2D eigenvalue weighted by molar-refractivity contribution is -0.128. The van der Waals surface area contributed by atoms with Crippen LogP contribution in [0.2, 0.25) is 0 Å². The van der Waals surface area contributed by atoms with Crippen LogP contribution in [0.4, 0.5) is 0 Å². The molecule has 0 bridgehead atoms. The van der Waals surface area contributed by atoms with Crippen molar-refractivity contribution >= 4 is 35.8 Å². The number of guanidine groups is 1. The molecule has 2 aliphatic rings. The van der Waals surface area contributed by atoms with Crippen molar-refractivity contribution in [3.63, 3.8) is 0 Å². The number of hydrogen-bond acceptors (Lipinski definition) is 4. The lowest BCUT2D eigenvalue weighted by atomic mass is 10.2. The Labute approximate surface area is 176 Å². The number of amides is 1. The van der Waals surface area contributed by atoms with E-state index in [2.05, 4.69) is 39.3 Å². The number of rotatable bonds is 7. The minimum Gasteiger partial charge on any atom is -0.357 e. The highest BCUT2D eigenvalue weighted by molar-refractivity contribution is 14.0. The molecule has 0 radical (unpaired) electrons. The van der Waals surface area contributed by atoms with Crippen molar-refractivity contribution in [1.82, 2.24) is 25.3 Å². The smallest absolute Gasteiger partial charge is 0.244 e. The number of aliphatic imine (C=N–C) groups is 1. The van der Waals surface area contributed by atoms with Gasteiger partial charge >= 0.3 is 0 Å². The quantitative estimate of drug-likeness (QED) is 0.321. The molecule has 0 aromatic heterocycles. The van der Waals surface area contributed by atoms with E-state index in [1.165, 1.54) is 0 Å². The molecule has 2 heterocycles. The third-order valence-electron chi connectivity index (χ3n) is 5.22. The molecule has 2 rings (SSSR count). The van der Waals surface area contributed by atoms with Crippen LogP contribution in [0.5, 0.6) is 0 Å². The molecule has 0 spiro atoms. The Morgan fingerprint density at radius 1 is 1.04 bits per heavy atom. The average Bonchev–Trinajstić information content (AvgIpc) is 3.18. The number of piperazine rings is 1. The van der Waals surface area contributed by atoms with Gasteiger partial charge in [-0.3, -0.25) is 9.69 Å². The second-order valence-electron chi connectivity index (χ2n) is 6.98. The van der Waals surface area contributed by atoms with E-state index in [0.29, 0.717) is 6.04 Å². The van der Waals surface area contributed by atoms with Crippen LogP contribution in [0.25, 0.3) is 0 Å². The van der Waals surface area contributed by atoms with E-state index in [1.807, 2.05) is 11.8 Å². The zero-order valence-corrected chi connectivity index (χ0v) is 19.0. The lowest BCUT2D eigenvalue weighted by Crippen LogP contribution is -2.53. The van der Waals surface area contributed by atoms with Gasteiger partial charge < -0.3 is 20.4 Å². The van der Waals surface area contributed by atoms with Crippen LogP contribution in [-0.4, -0.2) is 98.1 Å². The van der Waals surface area contributed by atoms with E-state index < -0.39 is 0 Å². The lowest BCUT2D eigenvalue weighted by Gasteiger charge is -2.37.